The SMILES string of the molecule is C#CC1(O)CCC2C3CCC4=CC(=O)CC[C@]4(C)C3CC[C@@]21C.[Ac]. The summed E-state index contributed by atoms with van der Waals surface area (Å²) in [6.07, 6.45) is 15.6. The van der Waals surface area contributed by atoms with Crippen molar-refractivity contribution in [1.82, 2.24) is 0 Å². The molecule has 3 fully saturated rings. The summed E-state index contributed by atoms with van der Waals surface area (Å²) in [5.41, 5.74) is 0.575. The molecule has 0 aromatic heterocycles. The molecule has 1 N–H and O–H groups in total. The third kappa shape index (κ3) is 2.39. The van der Waals surface area contributed by atoms with E-state index >= 15 is 0 Å². The van der Waals surface area contributed by atoms with Gasteiger partial charge in [0.1, 0.15) is 5.60 Å². The molecular weight excluding hydrogens is 511 g/mol. The minimum absolute atomic E-state index is 0. The molecule has 2 nitrogen and oxygen atoms in total. The number of ketones is 1. The Morgan fingerprint density at radius 2 is 1.83 bits per heavy atom. The van der Waals surface area contributed by atoms with E-state index < -0.39 is 5.60 Å². The second-order valence-electron chi connectivity index (χ2n) is 8.97. The molecule has 0 saturated heterocycles. The van der Waals surface area contributed by atoms with Gasteiger partial charge in [-0.3, -0.25) is 4.79 Å². The number of carbonyl (C=O) groups is 1. The second-order valence-corrected chi connectivity index (χ2v) is 8.97. The smallest absolute Gasteiger partial charge is 0.155 e. The van der Waals surface area contributed by atoms with Crippen molar-refractivity contribution in [2.75, 3.05) is 0 Å². The molecule has 0 aromatic rings. The molecule has 0 aliphatic heterocycles. The van der Waals surface area contributed by atoms with Crippen LogP contribution in [-0.2, 0) is 4.79 Å². The van der Waals surface area contributed by atoms with Crippen LogP contribution < -0.4 is 0 Å². The first-order chi connectivity index (χ1) is 10.8. The zero-order chi connectivity index (χ0) is 16.5. The molecule has 24 heavy (non-hydrogen) atoms. The summed E-state index contributed by atoms with van der Waals surface area (Å²) in [6.45, 7) is 4.63. The minimum Gasteiger partial charge on any atom is -0.377 e. The standard InChI is InChI=1S/C21H28O2.Ac/c1-4-21(23)12-9-18-16-6-5-14-13-15(22)7-10-19(14,2)17(16)8-11-20(18,21)3;/h1,13,16-18,23H,5-12H2,2-3H3;/t16?,17?,18?,19-,20-,21?;/m0./s1. The second kappa shape index (κ2) is 6.22. The summed E-state index contributed by atoms with van der Waals surface area (Å²) in [6, 6.07) is 0. The molecule has 3 heteroatoms. The van der Waals surface area contributed by atoms with E-state index in [1.54, 1.807) is 0 Å². The van der Waals surface area contributed by atoms with E-state index in [0.29, 0.717) is 30.0 Å². The zero-order valence-corrected chi connectivity index (χ0v) is 19.7. The van der Waals surface area contributed by atoms with Crippen LogP contribution in [0.15, 0.2) is 11.6 Å². The van der Waals surface area contributed by atoms with Gasteiger partial charge in [0.2, 0.25) is 0 Å². The third-order valence-corrected chi connectivity index (χ3v) is 8.35. The van der Waals surface area contributed by atoms with Crippen molar-refractivity contribution >= 4 is 5.78 Å². The Balaban J connectivity index is 0.00000169. The number of aliphatic hydroxyl groups is 1. The van der Waals surface area contributed by atoms with Gasteiger partial charge in [0, 0.05) is 55.9 Å². The largest absolute Gasteiger partial charge is 0.377 e. The first-order valence-electron chi connectivity index (χ1n) is 9.28. The molecule has 3 saturated carbocycles. The van der Waals surface area contributed by atoms with Crippen molar-refractivity contribution in [1.29, 1.82) is 0 Å². The molecule has 127 valence electrons. The average molecular weight is 539 g/mol. The van der Waals surface area contributed by atoms with Crippen molar-refractivity contribution in [2.45, 2.75) is 70.8 Å². The molecule has 0 amide bonds. The van der Waals surface area contributed by atoms with Crippen LogP contribution >= 0.6 is 0 Å². The Kier molecular flexibility index (Phi) is 4.96. The van der Waals surface area contributed by atoms with Crippen molar-refractivity contribution in [3.8, 4) is 12.3 Å². The molecule has 4 aliphatic carbocycles. The summed E-state index contributed by atoms with van der Waals surface area (Å²) < 4.78 is 0. The normalized spacial score (nSPS) is 49.8. The van der Waals surface area contributed by atoms with E-state index in [-0.39, 0.29) is 54.9 Å². The molecule has 4 rings (SSSR count). The topological polar surface area (TPSA) is 37.3 Å². The van der Waals surface area contributed by atoms with Crippen LogP contribution in [0.5, 0.6) is 0 Å². The molecule has 0 heterocycles. The van der Waals surface area contributed by atoms with Crippen LogP contribution in [0.4, 0.5) is 0 Å². The van der Waals surface area contributed by atoms with Gasteiger partial charge in [-0.25, -0.2) is 0 Å². The Morgan fingerprint density at radius 1 is 1.12 bits per heavy atom. The van der Waals surface area contributed by atoms with E-state index in [2.05, 4.69) is 19.8 Å². The number of hydrogen-bond donors (Lipinski definition) is 1. The summed E-state index contributed by atoms with van der Waals surface area (Å²) in [4.78, 5) is 11.8. The van der Waals surface area contributed by atoms with Gasteiger partial charge in [0.05, 0.1) is 0 Å². The van der Waals surface area contributed by atoms with E-state index in [4.69, 9.17) is 6.42 Å². The number of allylic oxidation sites excluding steroid dienone is 1. The summed E-state index contributed by atoms with van der Waals surface area (Å²) in [7, 11) is 0. The number of hydrogen-bond acceptors (Lipinski definition) is 2. The fourth-order valence-corrected chi connectivity index (χ4v) is 6.81. The summed E-state index contributed by atoms with van der Waals surface area (Å²) in [5, 5.41) is 11.0. The number of terminal acetylenes is 1. The van der Waals surface area contributed by atoms with Gasteiger partial charge in [-0.05, 0) is 74.2 Å². The molecular formula is C21H28AcO2. The first kappa shape index (κ1) is 19.1. The van der Waals surface area contributed by atoms with Gasteiger partial charge >= 0.3 is 0 Å². The van der Waals surface area contributed by atoms with Gasteiger partial charge < -0.3 is 5.11 Å². The molecule has 0 aromatic carbocycles. The van der Waals surface area contributed by atoms with E-state index in [0.717, 1.165) is 38.5 Å². The summed E-state index contributed by atoms with van der Waals surface area (Å²) in [5.74, 6) is 4.93. The molecule has 0 spiro atoms. The predicted molar refractivity (Wildman–Crippen MR) is 90.5 cm³/mol. The quantitative estimate of drug-likeness (QED) is 0.475. The molecule has 4 unspecified atom stereocenters. The fourth-order valence-electron chi connectivity index (χ4n) is 6.81. The molecule has 0 bridgehead atoms. The van der Waals surface area contributed by atoms with Crippen LogP contribution in [0.1, 0.15) is 65.2 Å². The van der Waals surface area contributed by atoms with Crippen molar-refractivity contribution < 1.29 is 54.0 Å². The van der Waals surface area contributed by atoms with Gasteiger partial charge in [-0.15, -0.1) is 6.42 Å². The maximum Gasteiger partial charge on any atom is 0.155 e. The van der Waals surface area contributed by atoms with Crippen LogP contribution in [-0.4, -0.2) is 16.5 Å². The Labute approximate surface area is 181 Å². The van der Waals surface area contributed by atoms with Crippen LogP contribution in [0, 0.1) is 85.0 Å². The average Bonchev–Trinajstić information content (AvgIpc) is 2.80. The van der Waals surface area contributed by atoms with Gasteiger partial charge in [0.15, 0.2) is 5.78 Å². The van der Waals surface area contributed by atoms with Crippen LogP contribution in [0.3, 0.4) is 0 Å². The van der Waals surface area contributed by atoms with E-state index in [9.17, 15) is 9.90 Å². The van der Waals surface area contributed by atoms with E-state index in [1.165, 1.54) is 12.0 Å². The van der Waals surface area contributed by atoms with Crippen molar-refractivity contribution in [2.24, 2.45) is 28.6 Å². The van der Waals surface area contributed by atoms with Gasteiger partial charge in [-0.1, -0.05) is 25.3 Å². The minimum atomic E-state index is -0.914. The Morgan fingerprint density at radius 3 is 2.54 bits per heavy atom. The number of carbonyl (C=O) groups excluding carboxylic acids is 1. The zero-order valence-electron chi connectivity index (χ0n) is 15.0. The molecule has 4 aliphatic rings. The maximum absolute atomic E-state index is 11.8. The van der Waals surface area contributed by atoms with E-state index in [1.807, 2.05) is 6.08 Å². The predicted octanol–water partition coefficient (Wildman–Crippen LogP) is 3.88. The van der Waals surface area contributed by atoms with Crippen molar-refractivity contribution in [3.63, 3.8) is 0 Å². The Bertz CT molecular complexity index is 632. The van der Waals surface area contributed by atoms with Crippen LogP contribution in [0.2, 0.25) is 0 Å². The number of fused-ring (bicyclic) bond motifs is 5. The first-order valence-corrected chi connectivity index (χ1v) is 9.28. The van der Waals surface area contributed by atoms with Crippen molar-refractivity contribution in [3.05, 3.63) is 11.6 Å². The van der Waals surface area contributed by atoms with Crippen LogP contribution in [0.25, 0.3) is 0 Å². The maximum atomic E-state index is 11.8. The van der Waals surface area contributed by atoms with Gasteiger partial charge in [-0.2, -0.15) is 0 Å². The third-order valence-electron chi connectivity index (χ3n) is 8.35. The monoisotopic (exact) mass is 539 g/mol. The fraction of sp³-hybridized carbons (Fsp3) is 0.762. The molecule has 1 radical (unpaired) electrons. The Hall–Kier alpha value is 0.372. The number of rotatable bonds is 0. The summed E-state index contributed by atoms with van der Waals surface area (Å²) >= 11 is 0. The van der Waals surface area contributed by atoms with Gasteiger partial charge in [0.25, 0.3) is 0 Å². The molecule has 6 atom stereocenters.